The molecule has 0 aliphatic heterocycles. The Hall–Kier alpha value is -0.940. The molecule has 1 unspecified atom stereocenters. The van der Waals surface area contributed by atoms with Crippen LogP contribution in [-0.4, -0.2) is 27.4 Å². The Morgan fingerprint density at radius 3 is 2.05 bits per heavy atom. The Bertz CT molecular complexity index is 511. The Labute approximate surface area is 131 Å². The molecule has 1 atom stereocenters. The van der Waals surface area contributed by atoms with Gasteiger partial charge in [0.15, 0.2) is 0 Å². The summed E-state index contributed by atoms with van der Waals surface area (Å²) >= 11 is 0. The zero-order valence-corrected chi connectivity index (χ0v) is 14.3. The van der Waals surface area contributed by atoms with E-state index >= 15 is 0 Å². The van der Waals surface area contributed by atoms with E-state index in [1.807, 2.05) is 38.1 Å². The van der Waals surface area contributed by atoms with Gasteiger partial charge in [-0.1, -0.05) is 20.8 Å². The van der Waals surface area contributed by atoms with Crippen LogP contribution in [0.25, 0.3) is 0 Å². The zero-order chi connectivity index (χ0) is 15.9. The quantitative estimate of drug-likeness (QED) is 0.646. The normalized spacial score (nSPS) is 13.2. The van der Waals surface area contributed by atoms with Crippen molar-refractivity contribution in [2.75, 3.05) is 19.0 Å². The molecule has 1 rings (SSSR count). The van der Waals surface area contributed by atoms with Crippen LogP contribution in [0.5, 0.6) is 11.5 Å². The highest BCUT2D eigenvalue weighted by molar-refractivity contribution is 8.13. The zero-order valence-electron chi connectivity index (χ0n) is 12.7. The van der Waals surface area contributed by atoms with Crippen LogP contribution in [0, 0.1) is 11.8 Å². The highest BCUT2D eigenvalue weighted by Gasteiger charge is 2.21. The number of halogens is 1. The van der Waals surface area contributed by atoms with Gasteiger partial charge in [-0.2, -0.15) is 0 Å². The lowest BCUT2D eigenvalue weighted by Gasteiger charge is -2.19. The third-order valence-electron chi connectivity index (χ3n) is 3.12. The van der Waals surface area contributed by atoms with Crippen molar-refractivity contribution in [1.82, 2.24) is 0 Å². The average molecular weight is 335 g/mol. The molecule has 6 heteroatoms. The van der Waals surface area contributed by atoms with Gasteiger partial charge < -0.3 is 9.47 Å². The lowest BCUT2D eigenvalue weighted by molar-refractivity contribution is 0.225. The van der Waals surface area contributed by atoms with E-state index < -0.39 is 9.05 Å². The topological polar surface area (TPSA) is 52.6 Å². The van der Waals surface area contributed by atoms with Gasteiger partial charge in [0.05, 0.1) is 19.0 Å². The lowest BCUT2D eigenvalue weighted by atomic mass is 9.99. The van der Waals surface area contributed by atoms with Crippen molar-refractivity contribution in [2.45, 2.75) is 27.2 Å². The highest BCUT2D eigenvalue weighted by Crippen LogP contribution is 2.21. The van der Waals surface area contributed by atoms with Gasteiger partial charge in [0, 0.05) is 16.6 Å². The number of benzene rings is 1. The second-order valence-corrected chi connectivity index (χ2v) is 8.16. The molecule has 1 aromatic rings. The first-order chi connectivity index (χ1) is 9.81. The van der Waals surface area contributed by atoms with E-state index in [9.17, 15) is 8.42 Å². The molecule has 0 N–H and O–H groups in total. The van der Waals surface area contributed by atoms with Crippen LogP contribution in [0.15, 0.2) is 24.3 Å². The number of ether oxygens (including phenoxy) is 2. The minimum atomic E-state index is -3.52. The van der Waals surface area contributed by atoms with Crippen molar-refractivity contribution in [3.8, 4) is 11.5 Å². The molecule has 21 heavy (non-hydrogen) atoms. The largest absolute Gasteiger partial charge is 0.494 e. The van der Waals surface area contributed by atoms with Crippen LogP contribution in [0.3, 0.4) is 0 Å². The van der Waals surface area contributed by atoms with Gasteiger partial charge in [-0.05, 0) is 36.6 Å². The van der Waals surface area contributed by atoms with Crippen LogP contribution in [0.2, 0.25) is 0 Å². The summed E-state index contributed by atoms with van der Waals surface area (Å²) in [6, 6.07) is 7.32. The van der Waals surface area contributed by atoms with Gasteiger partial charge in [-0.3, -0.25) is 0 Å². The standard InChI is InChI=1S/C15H23ClO4S/c1-4-9-19-14-5-7-15(8-6-14)20-10-13(12(2)3)11-21(16,17)18/h5-8,12-13H,4,9-11H2,1-3H3. The molecule has 0 saturated heterocycles. The average Bonchev–Trinajstić information content (AvgIpc) is 2.41. The van der Waals surface area contributed by atoms with E-state index in [1.54, 1.807) is 0 Å². The van der Waals surface area contributed by atoms with E-state index in [-0.39, 0.29) is 17.6 Å². The second-order valence-electron chi connectivity index (χ2n) is 5.34. The molecule has 0 aromatic heterocycles. The minimum Gasteiger partial charge on any atom is -0.494 e. The molecule has 1 aromatic carbocycles. The molecule has 0 amide bonds. The summed E-state index contributed by atoms with van der Waals surface area (Å²) in [5, 5.41) is 0. The van der Waals surface area contributed by atoms with E-state index in [0.717, 1.165) is 12.2 Å². The maximum atomic E-state index is 11.2. The molecule has 0 bridgehead atoms. The molecule has 0 fully saturated rings. The Morgan fingerprint density at radius 2 is 1.62 bits per heavy atom. The third kappa shape index (κ3) is 7.58. The monoisotopic (exact) mass is 334 g/mol. The summed E-state index contributed by atoms with van der Waals surface area (Å²) in [6.45, 7) is 6.96. The fourth-order valence-electron chi connectivity index (χ4n) is 1.74. The molecular weight excluding hydrogens is 312 g/mol. The molecule has 0 aliphatic rings. The second kappa shape index (κ2) is 8.49. The van der Waals surface area contributed by atoms with Crippen molar-refractivity contribution < 1.29 is 17.9 Å². The molecule has 0 aliphatic carbocycles. The number of hydrogen-bond donors (Lipinski definition) is 0. The Balaban J connectivity index is 2.55. The third-order valence-corrected chi connectivity index (χ3v) is 4.32. The van der Waals surface area contributed by atoms with Crippen molar-refractivity contribution in [3.05, 3.63) is 24.3 Å². The van der Waals surface area contributed by atoms with Crippen LogP contribution in [0.4, 0.5) is 0 Å². The smallest absolute Gasteiger partial charge is 0.233 e. The van der Waals surface area contributed by atoms with Gasteiger partial charge in [0.2, 0.25) is 9.05 Å². The van der Waals surface area contributed by atoms with E-state index in [0.29, 0.717) is 19.0 Å². The maximum Gasteiger partial charge on any atom is 0.233 e. The first-order valence-electron chi connectivity index (χ1n) is 7.09. The summed E-state index contributed by atoms with van der Waals surface area (Å²) in [7, 11) is 1.81. The van der Waals surface area contributed by atoms with Crippen molar-refractivity contribution >= 4 is 19.7 Å². The highest BCUT2D eigenvalue weighted by atomic mass is 35.7. The van der Waals surface area contributed by atoms with Crippen LogP contribution < -0.4 is 9.47 Å². The number of hydrogen-bond acceptors (Lipinski definition) is 4. The molecule has 4 nitrogen and oxygen atoms in total. The van der Waals surface area contributed by atoms with E-state index in [1.165, 1.54) is 0 Å². The van der Waals surface area contributed by atoms with Crippen molar-refractivity contribution in [3.63, 3.8) is 0 Å². The fraction of sp³-hybridized carbons (Fsp3) is 0.600. The summed E-state index contributed by atoms with van der Waals surface area (Å²) in [5.41, 5.74) is 0. The van der Waals surface area contributed by atoms with Gasteiger partial charge in [-0.15, -0.1) is 0 Å². The molecule has 0 spiro atoms. The SMILES string of the molecule is CCCOc1ccc(OCC(CS(=O)(=O)Cl)C(C)C)cc1. The first kappa shape index (κ1) is 18.1. The predicted molar refractivity (Wildman–Crippen MR) is 85.7 cm³/mol. The first-order valence-corrected chi connectivity index (χ1v) is 9.57. The lowest BCUT2D eigenvalue weighted by Crippen LogP contribution is -2.24. The maximum absolute atomic E-state index is 11.2. The van der Waals surface area contributed by atoms with E-state index in [4.69, 9.17) is 20.2 Å². The predicted octanol–water partition coefficient (Wildman–Crippen LogP) is 3.70. The minimum absolute atomic E-state index is 0.0794. The Morgan fingerprint density at radius 1 is 1.10 bits per heavy atom. The van der Waals surface area contributed by atoms with Gasteiger partial charge >= 0.3 is 0 Å². The summed E-state index contributed by atoms with van der Waals surface area (Å²) in [5.74, 6) is 1.45. The van der Waals surface area contributed by atoms with E-state index in [2.05, 4.69) is 6.92 Å². The molecular formula is C15H23ClO4S. The van der Waals surface area contributed by atoms with Crippen LogP contribution in [-0.2, 0) is 9.05 Å². The molecule has 120 valence electrons. The van der Waals surface area contributed by atoms with Gasteiger partial charge in [-0.25, -0.2) is 8.42 Å². The molecule has 0 saturated carbocycles. The summed E-state index contributed by atoms with van der Waals surface area (Å²) < 4.78 is 33.5. The van der Waals surface area contributed by atoms with Crippen LogP contribution in [0.1, 0.15) is 27.2 Å². The number of rotatable bonds is 9. The van der Waals surface area contributed by atoms with Crippen molar-refractivity contribution in [1.29, 1.82) is 0 Å². The van der Waals surface area contributed by atoms with Gasteiger partial charge in [0.25, 0.3) is 0 Å². The van der Waals surface area contributed by atoms with Gasteiger partial charge in [0.1, 0.15) is 11.5 Å². The molecule has 0 heterocycles. The van der Waals surface area contributed by atoms with Crippen LogP contribution >= 0.6 is 10.7 Å². The molecule has 0 radical (unpaired) electrons. The fourth-order valence-corrected chi connectivity index (χ4v) is 3.22. The summed E-state index contributed by atoms with van der Waals surface area (Å²) in [4.78, 5) is 0. The van der Waals surface area contributed by atoms with Crippen molar-refractivity contribution in [2.24, 2.45) is 11.8 Å². The Kier molecular flexibility index (Phi) is 7.32. The summed E-state index contributed by atoms with van der Waals surface area (Å²) in [6.07, 6.45) is 0.960.